The molecule has 3 nitrogen and oxygen atoms in total. The first-order valence-corrected chi connectivity index (χ1v) is 6.80. The molecule has 1 aliphatic heterocycles. The van der Waals surface area contributed by atoms with Gasteiger partial charge in [-0.2, -0.15) is 0 Å². The number of hydrogen-bond acceptors (Lipinski definition) is 3. The van der Waals surface area contributed by atoms with E-state index in [2.05, 4.69) is 0 Å². The standard InChI is InChI=1S/C18H16O3/c1-12-3-5-13(6-4-12)9-14-11-21-17-10-15(20-2)7-8-16(17)18(14)19/h3-10H,11H2,1-2H3. The average Bonchev–Trinajstić information content (AvgIpc) is 2.52. The van der Waals surface area contributed by atoms with Crippen molar-refractivity contribution in [1.82, 2.24) is 0 Å². The van der Waals surface area contributed by atoms with Crippen molar-refractivity contribution in [1.29, 1.82) is 0 Å². The number of fused-ring (bicyclic) bond motifs is 1. The lowest BCUT2D eigenvalue weighted by Gasteiger charge is -2.19. The second kappa shape index (κ2) is 5.44. The lowest BCUT2D eigenvalue weighted by Crippen LogP contribution is -2.19. The van der Waals surface area contributed by atoms with E-state index in [9.17, 15) is 4.79 Å². The Morgan fingerprint density at radius 3 is 2.62 bits per heavy atom. The van der Waals surface area contributed by atoms with Gasteiger partial charge in [0.1, 0.15) is 18.1 Å². The third kappa shape index (κ3) is 2.68. The van der Waals surface area contributed by atoms with Crippen molar-refractivity contribution >= 4 is 11.9 Å². The van der Waals surface area contributed by atoms with Gasteiger partial charge in [0.05, 0.1) is 12.7 Å². The van der Waals surface area contributed by atoms with Crippen LogP contribution in [0.5, 0.6) is 11.5 Å². The quantitative estimate of drug-likeness (QED) is 0.787. The molecule has 3 rings (SSSR count). The van der Waals surface area contributed by atoms with Crippen molar-refractivity contribution in [3.63, 3.8) is 0 Å². The van der Waals surface area contributed by atoms with Gasteiger partial charge in [0.15, 0.2) is 5.78 Å². The van der Waals surface area contributed by atoms with Gasteiger partial charge in [0.25, 0.3) is 0 Å². The molecule has 0 saturated heterocycles. The highest BCUT2D eigenvalue weighted by molar-refractivity contribution is 6.14. The first kappa shape index (κ1) is 13.4. The van der Waals surface area contributed by atoms with Gasteiger partial charge in [-0.1, -0.05) is 29.8 Å². The summed E-state index contributed by atoms with van der Waals surface area (Å²) in [6.45, 7) is 2.32. The third-order valence-corrected chi connectivity index (χ3v) is 3.53. The first-order valence-electron chi connectivity index (χ1n) is 6.80. The van der Waals surface area contributed by atoms with E-state index in [-0.39, 0.29) is 12.4 Å². The van der Waals surface area contributed by atoms with E-state index >= 15 is 0 Å². The summed E-state index contributed by atoms with van der Waals surface area (Å²) < 4.78 is 10.8. The number of rotatable bonds is 2. The molecule has 0 amide bonds. The van der Waals surface area contributed by atoms with Gasteiger partial charge in [-0.3, -0.25) is 4.79 Å². The second-order valence-electron chi connectivity index (χ2n) is 5.06. The highest BCUT2D eigenvalue weighted by atomic mass is 16.5. The Hall–Kier alpha value is -2.55. The van der Waals surface area contributed by atoms with Crippen LogP contribution in [0, 0.1) is 6.92 Å². The topological polar surface area (TPSA) is 35.5 Å². The van der Waals surface area contributed by atoms with E-state index in [1.807, 2.05) is 37.3 Å². The Labute approximate surface area is 123 Å². The minimum Gasteiger partial charge on any atom is -0.497 e. The summed E-state index contributed by atoms with van der Waals surface area (Å²) in [5.74, 6) is 1.28. The zero-order valence-electron chi connectivity index (χ0n) is 12.1. The van der Waals surface area contributed by atoms with Crippen LogP contribution in [0.1, 0.15) is 21.5 Å². The van der Waals surface area contributed by atoms with Crippen LogP contribution in [0.25, 0.3) is 6.08 Å². The predicted molar refractivity (Wildman–Crippen MR) is 82.0 cm³/mol. The fourth-order valence-corrected chi connectivity index (χ4v) is 2.30. The minimum atomic E-state index is 0.0134. The summed E-state index contributed by atoms with van der Waals surface area (Å²) in [4.78, 5) is 12.5. The maximum absolute atomic E-state index is 12.5. The Bertz CT molecular complexity index is 712. The van der Waals surface area contributed by atoms with Gasteiger partial charge in [-0.15, -0.1) is 0 Å². The van der Waals surface area contributed by atoms with Gasteiger partial charge in [0.2, 0.25) is 0 Å². The molecule has 0 bridgehead atoms. The van der Waals surface area contributed by atoms with Crippen molar-refractivity contribution < 1.29 is 14.3 Å². The highest BCUT2D eigenvalue weighted by Gasteiger charge is 2.23. The molecule has 21 heavy (non-hydrogen) atoms. The predicted octanol–water partition coefficient (Wildman–Crippen LogP) is 3.66. The van der Waals surface area contributed by atoms with E-state index in [1.165, 1.54) is 5.56 Å². The monoisotopic (exact) mass is 280 g/mol. The second-order valence-corrected chi connectivity index (χ2v) is 5.06. The molecule has 0 aliphatic carbocycles. The molecule has 0 saturated carbocycles. The van der Waals surface area contributed by atoms with E-state index in [1.54, 1.807) is 25.3 Å². The molecule has 1 aliphatic rings. The largest absolute Gasteiger partial charge is 0.497 e. The number of ketones is 1. The zero-order chi connectivity index (χ0) is 14.8. The van der Waals surface area contributed by atoms with E-state index in [0.29, 0.717) is 22.6 Å². The fraction of sp³-hybridized carbons (Fsp3) is 0.167. The lowest BCUT2D eigenvalue weighted by atomic mass is 9.98. The number of methoxy groups -OCH3 is 1. The molecule has 0 fully saturated rings. The molecular formula is C18H16O3. The smallest absolute Gasteiger partial charge is 0.196 e. The lowest BCUT2D eigenvalue weighted by molar-refractivity contribution is 0.100. The number of Topliss-reactive ketones (excluding diaryl/α,β-unsaturated/α-hetero) is 1. The SMILES string of the molecule is COc1ccc2c(c1)OCC(=Cc1ccc(C)cc1)C2=O. The number of carbonyl (C=O) groups is 1. The Morgan fingerprint density at radius 2 is 1.90 bits per heavy atom. The highest BCUT2D eigenvalue weighted by Crippen LogP contribution is 2.31. The van der Waals surface area contributed by atoms with Crippen molar-refractivity contribution in [3.8, 4) is 11.5 Å². The number of benzene rings is 2. The normalized spacial score (nSPS) is 15.5. The molecule has 3 heteroatoms. The molecule has 0 radical (unpaired) electrons. The zero-order valence-corrected chi connectivity index (χ0v) is 12.1. The van der Waals surface area contributed by atoms with Gasteiger partial charge in [-0.05, 0) is 30.7 Å². The summed E-state index contributed by atoms with van der Waals surface area (Å²) >= 11 is 0. The van der Waals surface area contributed by atoms with Crippen molar-refractivity contribution in [2.75, 3.05) is 13.7 Å². The number of ether oxygens (including phenoxy) is 2. The van der Waals surface area contributed by atoms with Crippen LogP contribution in [0.15, 0.2) is 48.0 Å². The van der Waals surface area contributed by atoms with E-state index in [0.717, 1.165) is 5.56 Å². The van der Waals surface area contributed by atoms with Crippen molar-refractivity contribution in [2.24, 2.45) is 0 Å². The third-order valence-electron chi connectivity index (χ3n) is 3.53. The summed E-state index contributed by atoms with van der Waals surface area (Å²) in [7, 11) is 1.59. The van der Waals surface area contributed by atoms with Crippen LogP contribution in [0.4, 0.5) is 0 Å². The molecule has 106 valence electrons. The number of hydrogen-bond donors (Lipinski definition) is 0. The van der Waals surface area contributed by atoms with Crippen LogP contribution in [0.3, 0.4) is 0 Å². The fourth-order valence-electron chi connectivity index (χ4n) is 2.30. The van der Waals surface area contributed by atoms with Crippen LogP contribution < -0.4 is 9.47 Å². The molecule has 2 aromatic rings. The van der Waals surface area contributed by atoms with Gasteiger partial charge in [-0.25, -0.2) is 0 Å². The van der Waals surface area contributed by atoms with E-state index < -0.39 is 0 Å². The van der Waals surface area contributed by atoms with Crippen molar-refractivity contribution in [2.45, 2.75) is 6.92 Å². The molecule has 1 heterocycles. The van der Waals surface area contributed by atoms with Crippen molar-refractivity contribution in [3.05, 3.63) is 64.7 Å². The maximum atomic E-state index is 12.5. The Morgan fingerprint density at radius 1 is 1.14 bits per heavy atom. The summed E-state index contributed by atoms with van der Waals surface area (Å²) in [6, 6.07) is 13.3. The molecule has 0 atom stereocenters. The maximum Gasteiger partial charge on any atom is 0.196 e. The van der Waals surface area contributed by atoms with Gasteiger partial charge < -0.3 is 9.47 Å². The molecule has 0 unspecified atom stereocenters. The summed E-state index contributed by atoms with van der Waals surface area (Å²) in [5, 5.41) is 0. The van der Waals surface area contributed by atoms with Crippen LogP contribution >= 0.6 is 0 Å². The minimum absolute atomic E-state index is 0.0134. The molecular weight excluding hydrogens is 264 g/mol. The van der Waals surface area contributed by atoms with Crippen LogP contribution in [0.2, 0.25) is 0 Å². The molecule has 2 aromatic carbocycles. The van der Waals surface area contributed by atoms with E-state index in [4.69, 9.17) is 9.47 Å². The van der Waals surface area contributed by atoms with Gasteiger partial charge in [0, 0.05) is 11.6 Å². The summed E-state index contributed by atoms with van der Waals surface area (Å²) in [6.07, 6.45) is 1.88. The first-order chi connectivity index (χ1) is 10.2. The number of aryl methyl sites for hydroxylation is 1. The Balaban J connectivity index is 1.93. The molecule has 0 aromatic heterocycles. The van der Waals surface area contributed by atoms with Crippen LogP contribution in [-0.4, -0.2) is 19.5 Å². The van der Waals surface area contributed by atoms with Crippen LogP contribution in [-0.2, 0) is 0 Å². The molecule has 0 N–H and O–H groups in total. The average molecular weight is 280 g/mol. The number of carbonyl (C=O) groups excluding carboxylic acids is 1. The molecule has 0 spiro atoms. The summed E-state index contributed by atoms with van der Waals surface area (Å²) in [5.41, 5.74) is 3.45. The van der Waals surface area contributed by atoms with Gasteiger partial charge >= 0.3 is 0 Å². The Kier molecular flexibility index (Phi) is 3.48.